The van der Waals surface area contributed by atoms with Crippen LogP contribution in [0.2, 0.25) is 12.1 Å². The lowest BCUT2D eigenvalue weighted by Gasteiger charge is -2.01. The van der Waals surface area contributed by atoms with E-state index in [1.807, 2.05) is 0 Å². The second-order valence-corrected chi connectivity index (χ2v) is 2.68. The Labute approximate surface area is 57.1 Å². The van der Waals surface area contributed by atoms with Crippen LogP contribution in [0.3, 0.4) is 0 Å². The third-order valence-electron chi connectivity index (χ3n) is 1.97. The third kappa shape index (κ3) is 2.21. The minimum absolute atomic E-state index is 0.657. The molecule has 2 heteroatoms. The first-order chi connectivity index (χ1) is 4.43. The van der Waals surface area contributed by atoms with Gasteiger partial charge < -0.3 is 4.79 Å². The fourth-order valence-electron chi connectivity index (χ4n) is 1.44. The van der Waals surface area contributed by atoms with Crippen molar-refractivity contribution in [3.8, 4) is 0 Å². The van der Waals surface area contributed by atoms with Crippen molar-refractivity contribution in [3.63, 3.8) is 0 Å². The fraction of sp³-hybridized carbons (Fsp3) is 0.857. The first kappa shape index (κ1) is 6.85. The maximum atomic E-state index is 9.93. The minimum atomic E-state index is 0.657. The van der Waals surface area contributed by atoms with Gasteiger partial charge in [-0.05, 0) is 6.32 Å². The van der Waals surface area contributed by atoms with Gasteiger partial charge in [-0.2, -0.15) is 0 Å². The van der Waals surface area contributed by atoms with Crippen LogP contribution in [0.1, 0.15) is 25.7 Å². The molecule has 0 aliphatic heterocycles. The van der Waals surface area contributed by atoms with Crippen molar-refractivity contribution in [3.05, 3.63) is 0 Å². The molecule has 0 heterocycles. The van der Waals surface area contributed by atoms with E-state index in [2.05, 4.69) is 7.28 Å². The summed E-state index contributed by atoms with van der Waals surface area (Å²) in [5, 5.41) is 0. The minimum Gasteiger partial charge on any atom is -0.304 e. The Hall–Kier alpha value is -0.265. The van der Waals surface area contributed by atoms with Gasteiger partial charge in [0.05, 0.1) is 0 Å². The summed E-state index contributed by atoms with van der Waals surface area (Å²) in [6.45, 7) is 0. The van der Waals surface area contributed by atoms with Crippen molar-refractivity contribution in [1.82, 2.24) is 0 Å². The molecular formula is C7H12BO. The van der Waals surface area contributed by atoms with Gasteiger partial charge in [-0.25, -0.2) is 0 Å². The number of carbonyl (C=O) groups excluding carboxylic acids is 1. The monoisotopic (exact) mass is 123 g/mol. The molecule has 0 atom stereocenters. The zero-order chi connectivity index (χ0) is 6.53. The summed E-state index contributed by atoms with van der Waals surface area (Å²) in [5.41, 5.74) is 0. The zero-order valence-electron chi connectivity index (χ0n) is 5.68. The lowest BCUT2D eigenvalue weighted by atomic mass is 9.61. The number of hydrogen-bond donors (Lipinski definition) is 0. The van der Waals surface area contributed by atoms with E-state index >= 15 is 0 Å². The molecule has 0 spiro atoms. The van der Waals surface area contributed by atoms with Gasteiger partial charge in [0, 0.05) is 0 Å². The third-order valence-corrected chi connectivity index (χ3v) is 1.97. The predicted octanol–water partition coefficient (Wildman–Crippen LogP) is 1.67. The lowest BCUT2D eigenvalue weighted by molar-refractivity contribution is -0.106. The van der Waals surface area contributed by atoms with E-state index in [9.17, 15) is 4.79 Å². The highest BCUT2D eigenvalue weighted by Crippen LogP contribution is 2.29. The molecule has 1 nitrogen and oxygen atoms in total. The Morgan fingerprint density at radius 1 is 1.44 bits per heavy atom. The molecule has 1 aliphatic rings. The van der Waals surface area contributed by atoms with Gasteiger partial charge in [-0.3, -0.25) is 0 Å². The molecule has 1 rings (SSSR count). The highest BCUT2D eigenvalue weighted by atomic mass is 16.1. The van der Waals surface area contributed by atoms with Gasteiger partial charge in [-0.15, -0.1) is 0 Å². The number of rotatable bonds is 3. The quantitative estimate of drug-likeness (QED) is 0.412. The van der Waals surface area contributed by atoms with Crippen LogP contribution < -0.4 is 0 Å². The Balaban J connectivity index is 2.04. The zero-order valence-corrected chi connectivity index (χ0v) is 5.68. The summed E-state index contributed by atoms with van der Waals surface area (Å²) in [7, 11) is 2.15. The van der Waals surface area contributed by atoms with E-state index in [0.29, 0.717) is 6.32 Å². The molecule has 49 valence electrons. The number of hydrogen-bond acceptors (Lipinski definition) is 1. The van der Waals surface area contributed by atoms with E-state index in [4.69, 9.17) is 0 Å². The summed E-state index contributed by atoms with van der Waals surface area (Å²) in [6, 6.07) is 0. The van der Waals surface area contributed by atoms with Crippen LogP contribution in [-0.4, -0.2) is 13.6 Å². The first-order valence-electron chi connectivity index (χ1n) is 3.70. The topological polar surface area (TPSA) is 17.1 Å². The molecule has 0 amide bonds. The summed E-state index contributed by atoms with van der Waals surface area (Å²) in [4.78, 5) is 9.93. The molecule has 0 unspecified atom stereocenters. The molecule has 1 fully saturated rings. The van der Waals surface area contributed by atoms with Crippen molar-refractivity contribution in [1.29, 1.82) is 0 Å². The van der Waals surface area contributed by atoms with E-state index in [1.54, 1.807) is 0 Å². The fourth-order valence-corrected chi connectivity index (χ4v) is 1.44. The van der Waals surface area contributed by atoms with E-state index in [1.165, 1.54) is 25.7 Å². The Kier molecular flexibility index (Phi) is 2.82. The molecule has 9 heavy (non-hydrogen) atoms. The molecule has 0 saturated heterocycles. The van der Waals surface area contributed by atoms with Gasteiger partial charge in [0.2, 0.25) is 0 Å². The summed E-state index contributed by atoms with van der Waals surface area (Å²) >= 11 is 0. The van der Waals surface area contributed by atoms with E-state index < -0.39 is 0 Å². The second-order valence-electron chi connectivity index (χ2n) is 2.68. The van der Waals surface area contributed by atoms with E-state index in [-0.39, 0.29) is 0 Å². The molecule has 1 aliphatic carbocycles. The average Bonchev–Trinajstić information content (AvgIpc) is 2.34. The van der Waals surface area contributed by atoms with Crippen molar-refractivity contribution in [2.24, 2.45) is 0 Å². The molecule has 0 bridgehead atoms. The van der Waals surface area contributed by atoms with Gasteiger partial charge in [0.25, 0.3) is 0 Å². The summed E-state index contributed by atoms with van der Waals surface area (Å²) < 4.78 is 0. The van der Waals surface area contributed by atoms with Gasteiger partial charge >= 0.3 is 0 Å². The van der Waals surface area contributed by atoms with Crippen LogP contribution in [0.5, 0.6) is 0 Å². The van der Waals surface area contributed by atoms with Crippen LogP contribution in [0.15, 0.2) is 0 Å². The first-order valence-corrected chi connectivity index (χ1v) is 3.70. The number of aldehydes is 1. The maximum absolute atomic E-state index is 9.93. The van der Waals surface area contributed by atoms with Gasteiger partial charge in [0.1, 0.15) is 13.6 Å². The highest BCUT2D eigenvalue weighted by Gasteiger charge is 2.14. The molecule has 0 N–H and O–H groups in total. The van der Waals surface area contributed by atoms with Crippen LogP contribution in [-0.2, 0) is 4.79 Å². The largest absolute Gasteiger partial charge is 0.304 e. The standard InChI is InChI=1S/C7H12BO/c9-6-5-8-7-3-1-2-4-7/h6-7H,1-5H2. The maximum Gasteiger partial charge on any atom is 0.122 e. The second kappa shape index (κ2) is 3.70. The number of carbonyl (C=O) groups is 1. The van der Waals surface area contributed by atoms with E-state index in [0.717, 1.165) is 12.1 Å². The molecule has 1 saturated carbocycles. The van der Waals surface area contributed by atoms with Crippen LogP contribution >= 0.6 is 0 Å². The Bertz CT molecular complexity index is 86.9. The van der Waals surface area contributed by atoms with Gasteiger partial charge in [-0.1, -0.05) is 31.5 Å². The molecule has 0 aromatic heterocycles. The normalized spacial score (nSPS) is 20.0. The Morgan fingerprint density at radius 3 is 2.67 bits per heavy atom. The molecular weight excluding hydrogens is 111 g/mol. The Morgan fingerprint density at radius 2 is 2.11 bits per heavy atom. The SMILES string of the molecule is O=CC[B]C1CCCC1. The van der Waals surface area contributed by atoms with Crippen molar-refractivity contribution < 1.29 is 4.79 Å². The van der Waals surface area contributed by atoms with Crippen molar-refractivity contribution in [2.75, 3.05) is 0 Å². The highest BCUT2D eigenvalue weighted by molar-refractivity contribution is 6.41. The summed E-state index contributed by atoms with van der Waals surface area (Å²) in [5.74, 6) is 0.759. The average molecular weight is 123 g/mol. The van der Waals surface area contributed by atoms with Crippen LogP contribution in [0.25, 0.3) is 0 Å². The lowest BCUT2D eigenvalue weighted by Crippen LogP contribution is -1.98. The van der Waals surface area contributed by atoms with Crippen LogP contribution in [0.4, 0.5) is 0 Å². The van der Waals surface area contributed by atoms with Gasteiger partial charge in [0.15, 0.2) is 0 Å². The summed E-state index contributed by atoms with van der Waals surface area (Å²) in [6.07, 6.45) is 6.99. The predicted molar refractivity (Wildman–Crippen MR) is 38.8 cm³/mol. The molecule has 1 radical (unpaired) electrons. The van der Waals surface area contributed by atoms with Crippen molar-refractivity contribution in [2.45, 2.75) is 37.8 Å². The smallest absolute Gasteiger partial charge is 0.122 e. The van der Waals surface area contributed by atoms with Crippen molar-refractivity contribution >= 4 is 13.6 Å². The molecule has 0 aromatic carbocycles. The van der Waals surface area contributed by atoms with Crippen LogP contribution in [0, 0.1) is 0 Å². The molecule has 0 aromatic rings.